The molecule has 0 radical (unpaired) electrons. The summed E-state index contributed by atoms with van der Waals surface area (Å²) in [5.74, 6) is -1.39. The Labute approximate surface area is 142 Å². The molecule has 0 atom stereocenters. The molecule has 0 amide bonds. The van der Waals surface area contributed by atoms with Gasteiger partial charge in [0.05, 0.1) is 18.9 Å². The Morgan fingerprint density at radius 2 is 2.12 bits per heavy atom. The molecule has 0 spiro atoms. The molecule has 0 aliphatic heterocycles. The number of nitrogens with one attached hydrogen (secondary N) is 1. The van der Waals surface area contributed by atoms with Crippen molar-refractivity contribution in [3.8, 4) is 16.9 Å². The van der Waals surface area contributed by atoms with Crippen molar-refractivity contribution in [1.82, 2.24) is 5.43 Å². The van der Waals surface area contributed by atoms with Gasteiger partial charge >= 0.3 is 5.97 Å². The maximum absolute atomic E-state index is 14.1. The predicted molar refractivity (Wildman–Crippen MR) is 92.4 cm³/mol. The van der Waals surface area contributed by atoms with Crippen LogP contribution in [-0.4, -0.2) is 29.5 Å². The Balaban J connectivity index is 2.48. The van der Waals surface area contributed by atoms with Gasteiger partial charge in [-0.25, -0.2) is 9.18 Å². The van der Waals surface area contributed by atoms with E-state index in [0.29, 0.717) is 5.56 Å². The summed E-state index contributed by atoms with van der Waals surface area (Å²) < 4.78 is 18.8. The number of esters is 1. The van der Waals surface area contributed by atoms with Crippen LogP contribution in [0.1, 0.15) is 15.9 Å². The third-order valence-electron chi connectivity index (χ3n) is 3.12. The molecule has 0 heterocycles. The van der Waals surface area contributed by atoms with Gasteiger partial charge in [-0.05, 0) is 36.5 Å². The van der Waals surface area contributed by atoms with Gasteiger partial charge in [-0.2, -0.15) is 5.10 Å². The first kappa shape index (κ1) is 17.4. The van der Waals surface area contributed by atoms with Gasteiger partial charge in [0, 0.05) is 16.7 Å². The molecule has 124 valence electrons. The second-order valence-corrected chi connectivity index (χ2v) is 5.10. The van der Waals surface area contributed by atoms with Gasteiger partial charge in [-0.15, -0.1) is 0 Å². The van der Waals surface area contributed by atoms with E-state index in [4.69, 9.17) is 5.73 Å². The molecule has 2 aromatic rings. The normalized spacial score (nSPS) is 10.6. The van der Waals surface area contributed by atoms with E-state index in [1.807, 2.05) is 0 Å². The fourth-order valence-corrected chi connectivity index (χ4v) is 2.08. The number of nitrogens with zero attached hydrogens (tertiary/aromatic N) is 1. The molecule has 0 fully saturated rings. The summed E-state index contributed by atoms with van der Waals surface area (Å²) in [5.41, 5.74) is 8.36. The van der Waals surface area contributed by atoms with Crippen LogP contribution >= 0.6 is 12.2 Å². The largest absolute Gasteiger partial charge is 0.507 e. The number of methoxy groups -OCH3 is 1. The predicted octanol–water partition coefficient (Wildman–Crippen LogP) is 2.15. The first-order chi connectivity index (χ1) is 11.4. The number of nitrogens with two attached hydrogens (primary N) is 1. The van der Waals surface area contributed by atoms with Gasteiger partial charge in [-0.1, -0.05) is 12.1 Å². The number of phenols is 1. The number of carbonyl (C=O) groups excluding carboxylic acids is 1. The number of thiocarbonyl (C=S) groups is 1. The summed E-state index contributed by atoms with van der Waals surface area (Å²) in [7, 11) is 1.23. The van der Waals surface area contributed by atoms with E-state index < -0.39 is 11.8 Å². The third kappa shape index (κ3) is 3.85. The van der Waals surface area contributed by atoms with Crippen LogP contribution in [0, 0.1) is 5.82 Å². The molecule has 24 heavy (non-hydrogen) atoms. The number of hydrazone groups is 1. The molecule has 2 rings (SSSR count). The lowest BCUT2D eigenvalue weighted by Gasteiger charge is -2.10. The zero-order valence-corrected chi connectivity index (χ0v) is 13.4. The lowest BCUT2D eigenvalue weighted by Crippen LogP contribution is -2.23. The monoisotopic (exact) mass is 347 g/mol. The Bertz CT molecular complexity index is 824. The number of para-hydroxylation sites is 1. The summed E-state index contributed by atoms with van der Waals surface area (Å²) >= 11 is 4.61. The highest BCUT2D eigenvalue weighted by Gasteiger charge is 2.15. The first-order valence-corrected chi connectivity index (χ1v) is 7.13. The van der Waals surface area contributed by atoms with Crippen molar-refractivity contribution in [3.05, 3.63) is 53.3 Å². The van der Waals surface area contributed by atoms with Crippen LogP contribution < -0.4 is 11.2 Å². The number of hydrogen-bond acceptors (Lipinski definition) is 5. The minimum Gasteiger partial charge on any atom is -0.507 e. The average molecular weight is 347 g/mol. The van der Waals surface area contributed by atoms with Gasteiger partial charge < -0.3 is 15.6 Å². The van der Waals surface area contributed by atoms with Gasteiger partial charge in [0.1, 0.15) is 11.6 Å². The van der Waals surface area contributed by atoms with Crippen molar-refractivity contribution in [2.45, 2.75) is 0 Å². The number of hydrogen-bond donors (Lipinski definition) is 3. The molecule has 2 aromatic carbocycles. The van der Waals surface area contributed by atoms with Crippen LogP contribution in [0.3, 0.4) is 0 Å². The number of ether oxygens (including phenoxy) is 1. The van der Waals surface area contributed by atoms with E-state index in [1.54, 1.807) is 12.1 Å². The van der Waals surface area contributed by atoms with Crippen LogP contribution in [0.2, 0.25) is 0 Å². The summed E-state index contributed by atoms with van der Waals surface area (Å²) in [6.07, 6.45) is 1.29. The van der Waals surface area contributed by atoms with E-state index >= 15 is 0 Å². The topological polar surface area (TPSA) is 96.9 Å². The standard InChI is InChI=1S/C16H14FN3O3S/c1-23-15(22)9-5-6-13(17)12(7-9)11-4-2-3-10(14(11)21)8-19-20-16(18)24/h2-8,21H,1H3,(H3,18,20,24). The highest BCUT2D eigenvalue weighted by Crippen LogP contribution is 2.33. The summed E-state index contributed by atoms with van der Waals surface area (Å²) in [6, 6.07) is 8.46. The molecule has 0 saturated carbocycles. The first-order valence-electron chi connectivity index (χ1n) is 6.72. The minimum absolute atomic E-state index is 0.0290. The fraction of sp³-hybridized carbons (Fsp3) is 0.0625. The lowest BCUT2D eigenvalue weighted by atomic mass is 9.99. The number of carbonyl (C=O) groups is 1. The Hall–Kier alpha value is -3.00. The fourth-order valence-electron chi connectivity index (χ4n) is 2.02. The third-order valence-corrected chi connectivity index (χ3v) is 3.21. The summed E-state index contributed by atoms with van der Waals surface area (Å²) in [5, 5.41) is 14.1. The Kier molecular flexibility index (Phi) is 5.43. The van der Waals surface area contributed by atoms with E-state index in [0.717, 1.165) is 6.07 Å². The van der Waals surface area contributed by atoms with Crippen molar-refractivity contribution in [2.75, 3.05) is 7.11 Å². The molecular weight excluding hydrogens is 333 g/mol. The Morgan fingerprint density at radius 1 is 1.38 bits per heavy atom. The van der Waals surface area contributed by atoms with Crippen molar-refractivity contribution >= 4 is 29.5 Å². The van der Waals surface area contributed by atoms with Crippen LogP contribution in [0.15, 0.2) is 41.5 Å². The van der Waals surface area contributed by atoms with E-state index in [9.17, 15) is 14.3 Å². The highest BCUT2D eigenvalue weighted by atomic mass is 32.1. The maximum atomic E-state index is 14.1. The molecule has 0 aliphatic carbocycles. The van der Waals surface area contributed by atoms with Crippen LogP contribution in [0.5, 0.6) is 5.75 Å². The molecule has 8 heteroatoms. The molecule has 6 nitrogen and oxygen atoms in total. The minimum atomic E-state index is -0.603. The van der Waals surface area contributed by atoms with Gasteiger partial charge in [0.2, 0.25) is 0 Å². The van der Waals surface area contributed by atoms with Gasteiger partial charge in [0.15, 0.2) is 5.11 Å². The number of phenolic OH excluding ortho intramolecular Hbond substituents is 1. The SMILES string of the molecule is COC(=O)c1ccc(F)c(-c2cccc(C=NNC(N)=S)c2O)c1. The molecule has 0 unspecified atom stereocenters. The second-order valence-electron chi connectivity index (χ2n) is 4.66. The second kappa shape index (κ2) is 7.51. The van der Waals surface area contributed by atoms with Crippen LogP contribution in [0.25, 0.3) is 11.1 Å². The number of rotatable bonds is 4. The van der Waals surface area contributed by atoms with Gasteiger partial charge in [-0.3, -0.25) is 5.43 Å². The highest BCUT2D eigenvalue weighted by molar-refractivity contribution is 7.80. The van der Waals surface area contributed by atoms with Crippen molar-refractivity contribution < 1.29 is 19.0 Å². The van der Waals surface area contributed by atoms with Crippen molar-refractivity contribution in [3.63, 3.8) is 0 Å². The zero-order chi connectivity index (χ0) is 17.7. The molecule has 0 bridgehead atoms. The zero-order valence-electron chi connectivity index (χ0n) is 12.6. The Morgan fingerprint density at radius 3 is 2.79 bits per heavy atom. The summed E-state index contributed by atoms with van der Waals surface area (Å²) in [4.78, 5) is 11.6. The maximum Gasteiger partial charge on any atom is 0.337 e. The molecular formula is C16H14FN3O3S. The number of benzene rings is 2. The molecule has 0 aliphatic rings. The summed E-state index contributed by atoms with van der Waals surface area (Å²) in [6.45, 7) is 0. The lowest BCUT2D eigenvalue weighted by molar-refractivity contribution is 0.0600. The van der Waals surface area contributed by atoms with Crippen LogP contribution in [0.4, 0.5) is 4.39 Å². The van der Waals surface area contributed by atoms with Crippen molar-refractivity contribution in [1.29, 1.82) is 0 Å². The van der Waals surface area contributed by atoms with E-state index in [1.165, 1.54) is 31.5 Å². The molecule has 0 saturated heterocycles. The smallest absolute Gasteiger partial charge is 0.337 e. The van der Waals surface area contributed by atoms with Gasteiger partial charge in [0.25, 0.3) is 0 Å². The van der Waals surface area contributed by atoms with E-state index in [2.05, 4.69) is 27.5 Å². The number of halogens is 1. The number of aromatic hydroxyl groups is 1. The molecule has 0 aromatic heterocycles. The van der Waals surface area contributed by atoms with Crippen LogP contribution in [-0.2, 0) is 4.74 Å². The van der Waals surface area contributed by atoms with E-state index in [-0.39, 0.29) is 27.6 Å². The quantitative estimate of drug-likeness (QED) is 0.339. The average Bonchev–Trinajstić information content (AvgIpc) is 2.56. The molecule has 4 N–H and O–H groups in total. The van der Waals surface area contributed by atoms with Crippen molar-refractivity contribution in [2.24, 2.45) is 10.8 Å².